The lowest BCUT2D eigenvalue weighted by Gasteiger charge is -2.19. The number of benzene rings is 1. The van der Waals surface area contributed by atoms with Gasteiger partial charge in [0.05, 0.1) is 0 Å². The van der Waals surface area contributed by atoms with E-state index in [9.17, 15) is 9.59 Å². The number of carbonyl (C=O) groups is 2. The minimum Gasteiger partial charge on any atom is -0.356 e. The van der Waals surface area contributed by atoms with Gasteiger partial charge in [0.2, 0.25) is 11.8 Å². The summed E-state index contributed by atoms with van der Waals surface area (Å²) in [5, 5.41) is 5.67. The van der Waals surface area contributed by atoms with E-state index in [0.29, 0.717) is 19.5 Å². The van der Waals surface area contributed by atoms with Crippen molar-refractivity contribution in [3.8, 4) is 0 Å². The van der Waals surface area contributed by atoms with Crippen molar-refractivity contribution in [2.24, 2.45) is 0 Å². The van der Waals surface area contributed by atoms with Crippen molar-refractivity contribution in [3.63, 3.8) is 0 Å². The van der Waals surface area contributed by atoms with Crippen LogP contribution in [0.4, 0.5) is 0 Å². The molecule has 1 aromatic carbocycles. The van der Waals surface area contributed by atoms with Crippen LogP contribution in [0.5, 0.6) is 0 Å². The standard InChI is InChI=1S/C19H30N2O2/c1-15(22)20-13-5-6-14-21-18(23)12-9-16-7-10-17(11-8-16)19(2,3)4/h7-8,10-11H,5-6,9,12-14H2,1-4H3,(H,20,22)(H,21,23). The summed E-state index contributed by atoms with van der Waals surface area (Å²) in [5.41, 5.74) is 2.66. The molecular formula is C19H30N2O2. The third kappa shape index (κ3) is 8.38. The summed E-state index contributed by atoms with van der Waals surface area (Å²) >= 11 is 0. The van der Waals surface area contributed by atoms with Crippen molar-refractivity contribution in [1.29, 1.82) is 0 Å². The van der Waals surface area contributed by atoms with E-state index in [1.54, 1.807) is 0 Å². The van der Waals surface area contributed by atoms with Crippen molar-refractivity contribution >= 4 is 11.8 Å². The number of hydrogen-bond donors (Lipinski definition) is 2. The molecule has 0 unspecified atom stereocenters. The zero-order chi connectivity index (χ0) is 17.3. The van der Waals surface area contributed by atoms with Crippen LogP contribution in [0.3, 0.4) is 0 Å². The van der Waals surface area contributed by atoms with Crippen molar-refractivity contribution in [1.82, 2.24) is 10.6 Å². The molecule has 0 aliphatic carbocycles. The maximum Gasteiger partial charge on any atom is 0.220 e. The van der Waals surface area contributed by atoms with Crippen LogP contribution in [0.1, 0.15) is 58.1 Å². The van der Waals surface area contributed by atoms with Crippen LogP contribution in [0.25, 0.3) is 0 Å². The summed E-state index contributed by atoms with van der Waals surface area (Å²) in [6, 6.07) is 8.52. The Hall–Kier alpha value is -1.84. The molecule has 0 radical (unpaired) electrons. The first kappa shape index (κ1) is 19.2. The van der Waals surface area contributed by atoms with Crippen molar-refractivity contribution < 1.29 is 9.59 Å². The summed E-state index contributed by atoms with van der Waals surface area (Å²) in [6.45, 7) is 9.44. The Bertz CT molecular complexity index is 501. The molecule has 2 N–H and O–H groups in total. The van der Waals surface area contributed by atoms with E-state index in [0.717, 1.165) is 19.3 Å². The molecule has 4 nitrogen and oxygen atoms in total. The van der Waals surface area contributed by atoms with Gasteiger partial charge in [-0.25, -0.2) is 0 Å². The first-order valence-corrected chi connectivity index (χ1v) is 8.39. The monoisotopic (exact) mass is 318 g/mol. The van der Waals surface area contributed by atoms with Gasteiger partial charge in [-0.05, 0) is 35.8 Å². The van der Waals surface area contributed by atoms with Gasteiger partial charge in [-0.3, -0.25) is 9.59 Å². The maximum absolute atomic E-state index is 11.8. The van der Waals surface area contributed by atoms with E-state index >= 15 is 0 Å². The van der Waals surface area contributed by atoms with Crippen molar-refractivity contribution in [3.05, 3.63) is 35.4 Å². The lowest BCUT2D eigenvalue weighted by molar-refractivity contribution is -0.121. The van der Waals surface area contributed by atoms with E-state index < -0.39 is 0 Å². The molecule has 0 atom stereocenters. The molecule has 4 heteroatoms. The summed E-state index contributed by atoms with van der Waals surface area (Å²) < 4.78 is 0. The molecule has 0 aromatic heterocycles. The predicted molar refractivity (Wildman–Crippen MR) is 94.4 cm³/mol. The van der Waals surface area contributed by atoms with E-state index in [-0.39, 0.29) is 17.2 Å². The molecule has 0 saturated carbocycles. The first-order chi connectivity index (χ1) is 10.8. The fourth-order valence-corrected chi connectivity index (χ4v) is 2.26. The van der Waals surface area contributed by atoms with Crippen LogP contribution in [-0.4, -0.2) is 24.9 Å². The molecular weight excluding hydrogens is 288 g/mol. The van der Waals surface area contributed by atoms with Gasteiger partial charge in [0, 0.05) is 26.4 Å². The Morgan fingerprint density at radius 1 is 0.957 bits per heavy atom. The van der Waals surface area contributed by atoms with Crippen LogP contribution < -0.4 is 10.6 Å². The second kappa shape index (κ2) is 9.33. The molecule has 128 valence electrons. The third-order valence-corrected chi connectivity index (χ3v) is 3.76. The van der Waals surface area contributed by atoms with Gasteiger partial charge in [0.15, 0.2) is 0 Å². The van der Waals surface area contributed by atoms with Crippen molar-refractivity contribution in [2.45, 2.75) is 58.8 Å². The van der Waals surface area contributed by atoms with Gasteiger partial charge in [-0.15, -0.1) is 0 Å². The Morgan fingerprint density at radius 2 is 1.52 bits per heavy atom. The topological polar surface area (TPSA) is 58.2 Å². The van der Waals surface area contributed by atoms with Gasteiger partial charge < -0.3 is 10.6 Å². The molecule has 1 aromatic rings. The fraction of sp³-hybridized carbons (Fsp3) is 0.579. The van der Waals surface area contributed by atoms with Gasteiger partial charge in [-0.1, -0.05) is 45.0 Å². The molecule has 0 aliphatic rings. The molecule has 0 bridgehead atoms. The van der Waals surface area contributed by atoms with E-state index in [1.807, 2.05) is 0 Å². The number of amides is 2. The number of hydrogen-bond acceptors (Lipinski definition) is 2. The van der Waals surface area contributed by atoms with Crippen LogP contribution in [-0.2, 0) is 21.4 Å². The quantitative estimate of drug-likeness (QED) is 0.724. The van der Waals surface area contributed by atoms with Gasteiger partial charge in [-0.2, -0.15) is 0 Å². The highest BCUT2D eigenvalue weighted by atomic mass is 16.2. The molecule has 0 spiro atoms. The highest BCUT2D eigenvalue weighted by Gasteiger charge is 2.12. The van der Waals surface area contributed by atoms with Crippen LogP contribution in [0.2, 0.25) is 0 Å². The number of aryl methyl sites for hydroxylation is 1. The summed E-state index contributed by atoms with van der Waals surface area (Å²) in [7, 11) is 0. The molecule has 0 saturated heterocycles. The van der Waals surface area contributed by atoms with E-state index in [2.05, 4.69) is 55.7 Å². The lowest BCUT2D eigenvalue weighted by Crippen LogP contribution is -2.26. The molecule has 0 fully saturated rings. The summed E-state index contributed by atoms with van der Waals surface area (Å²) in [4.78, 5) is 22.5. The minimum atomic E-state index is -0.00786. The SMILES string of the molecule is CC(=O)NCCCCNC(=O)CCc1ccc(C(C)(C)C)cc1. The van der Waals surface area contributed by atoms with Gasteiger partial charge >= 0.3 is 0 Å². The Kier molecular flexibility index (Phi) is 7.79. The van der Waals surface area contributed by atoms with Crippen LogP contribution in [0.15, 0.2) is 24.3 Å². The molecule has 0 heterocycles. The van der Waals surface area contributed by atoms with E-state index in [4.69, 9.17) is 0 Å². The average molecular weight is 318 g/mol. The van der Waals surface area contributed by atoms with Gasteiger partial charge in [0.1, 0.15) is 0 Å². The summed E-state index contributed by atoms with van der Waals surface area (Å²) in [6.07, 6.45) is 3.04. The normalized spacial score (nSPS) is 11.1. The largest absolute Gasteiger partial charge is 0.356 e. The van der Waals surface area contributed by atoms with E-state index in [1.165, 1.54) is 18.1 Å². The maximum atomic E-state index is 11.8. The fourth-order valence-electron chi connectivity index (χ4n) is 2.26. The highest BCUT2D eigenvalue weighted by molar-refractivity contribution is 5.76. The average Bonchev–Trinajstić information content (AvgIpc) is 2.48. The number of carbonyl (C=O) groups excluding carboxylic acids is 2. The third-order valence-electron chi connectivity index (χ3n) is 3.76. The smallest absolute Gasteiger partial charge is 0.220 e. The van der Waals surface area contributed by atoms with Gasteiger partial charge in [0.25, 0.3) is 0 Å². The first-order valence-electron chi connectivity index (χ1n) is 8.39. The Morgan fingerprint density at radius 3 is 2.04 bits per heavy atom. The number of unbranched alkanes of at least 4 members (excludes halogenated alkanes) is 1. The summed E-state index contributed by atoms with van der Waals surface area (Å²) in [5.74, 6) is 0.0796. The predicted octanol–water partition coefficient (Wildman–Crippen LogP) is 2.95. The second-order valence-corrected chi connectivity index (χ2v) is 6.99. The molecule has 1 rings (SSSR count). The lowest BCUT2D eigenvalue weighted by atomic mass is 9.86. The second-order valence-electron chi connectivity index (χ2n) is 6.99. The van der Waals surface area contributed by atoms with Crippen molar-refractivity contribution in [2.75, 3.05) is 13.1 Å². The molecule has 0 aliphatic heterocycles. The number of nitrogens with one attached hydrogen (secondary N) is 2. The molecule has 23 heavy (non-hydrogen) atoms. The zero-order valence-corrected chi connectivity index (χ0v) is 14.9. The van der Waals surface area contributed by atoms with Crippen LogP contribution >= 0.6 is 0 Å². The Labute approximate surface area is 140 Å². The highest BCUT2D eigenvalue weighted by Crippen LogP contribution is 2.22. The number of rotatable bonds is 8. The molecule has 2 amide bonds. The Balaban J connectivity index is 2.19. The van der Waals surface area contributed by atoms with Crippen LogP contribution in [0, 0.1) is 0 Å². The minimum absolute atomic E-state index is 0.00786. The zero-order valence-electron chi connectivity index (χ0n) is 14.9.